The molecule has 0 saturated carbocycles. The SMILES string of the molecule is COCC/C(=N\NC(=O)CNC(=O)c1ccc(OCCOC(=O)[C@@H](N)C(C)C)c(OC)c1)c1csc2c(F)cccc12. The summed E-state index contributed by atoms with van der Waals surface area (Å²) in [5, 5.41) is 9.24. The predicted molar refractivity (Wildman–Crippen MR) is 158 cm³/mol. The van der Waals surface area contributed by atoms with E-state index in [1.165, 1.54) is 42.7 Å². The molecule has 2 aromatic carbocycles. The van der Waals surface area contributed by atoms with Crippen LogP contribution in [-0.2, 0) is 19.1 Å². The molecule has 0 aliphatic rings. The van der Waals surface area contributed by atoms with Crippen LogP contribution in [0.5, 0.6) is 11.5 Å². The first-order valence-electron chi connectivity index (χ1n) is 13.2. The Kier molecular flexibility index (Phi) is 12.2. The molecule has 0 aliphatic carbocycles. The molecule has 42 heavy (non-hydrogen) atoms. The second kappa shape index (κ2) is 15.8. The number of nitrogens with two attached hydrogens (primary N) is 1. The summed E-state index contributed by atoms with van der Waals surface area (Å²) < 4.78 is 35.9. The summed E-state index contributed by atoms with van der Waals surface area (Å²) in [5.41, 5.74) is 9.66. The number of hydrogen-bond acceptors (Lipinski definition) is 10. The second-order valence-electron chi connectivity index (χ2n) is 9.44. The third kappa shape index (κ3) is 8.71. The number of amides is 2. The normalized spacial score (nSPS) is 12.2. The first-order valence-corrected chi connectivity index (χ1v) is 14.1. The summed E-state index contributed by atoms with van der Waals surface area (Å²) in [4.78, 5) is 37.0. The van der Waals surface area contributed by atoms with Gasteiger partial charge in [0, 0.05) is 35.4 Å². The van der Waals surface area contributed by atoms with Crippen molar-refractivity contribution in [3.05, 3.63) is 58.7 Å². The van der Waals surface area contributed by atoms with E-state index in [9.17, 15) is 18.8 Å². The molecule has 11 nitrogen and oxygen atoms in total. The van der Waals surface area contributed by atoms with Crippen LogP contribution >= 0.6 is 11.3 Å². The van der Waals surface area contributed by atoms with E-state index in [0.29, 0.717) is 40.1 Å². The molecule has 3 aromatic rings. The molecule has 1 heterocycles. The summed E-state index contributed by atoms with van der Waals surface area (Å²) in [6.07, 6.45) is 0.383. The maximum atomic E-state index is 14.2. The summed E-state index contributed by atoms with van der Waals surface area (Å²) in [6.45, 7) is 3.70. The number of ether oxygens (including phenoxy) is 4. The Morgan fingerprint density at radius 1 is 1.07 bits per heavy atom. The Morgan fingerprint density at radius 3 is 2.57 bits per heavy atom. The molecule has 0 spiro atoms. The lowest BCUT2D eigenvalue weighted by Gasteiger charge is -2.15. The smallest absolute Gasteiger partial charge is 0.323 e. The summed E-state index contributed by atoms with van der Waals surface area (Å²) in [6, 6.07) is 8.59. The number of hydrogen-bond donors (Lipinski definition) is 3. The minimum atomic E-state index is -0.712. The van der Waals surface area contributed by atoms with Crippen molar-refractivity contribution < 1.29 is 37.7 Å². The van der Waals surface area contributed by atoms with Crippen LogP contribution in [0.2, 0.25) is 0 Å². The Morgan fingerprint density at radius 2 is 1.86 bits per heavy atom. The zero-order valence-electron chi connectivity index (χ0n) is 23.9. The lowest BCUT2D eigenvalue weighted by Crippen LogP contribution is -2.37. The van der Waals surface area contributed by atoms with Crippen LogP contribution in [0.15, 0.2) is 46.9 Å². The highest BCUT2D eigenvalue weighted by Crippen LogP contribution is 2.30. The number of halogens is 1. The molecular formula is C29H35FN4O7S. The highest BCUT2D eigenvalue weighted by Gasteiger charge is 2.19. The van der Waals surface area contributed by atoms with Gasteiger partial charge in [0.25, 0.3) is 11.8 Å². The summed E-state index contributed by atoms with van der Waals surface area (Å²) in [5.74, 6) is -1.33. The van der Waals surface area contributed by atoms with E-state index in [-0.39, 0.29) is 42.8 Å². The molecule has 4 N–H and O–H groups in total. The van der Waals surface area contributed by atoms with Crippen molar-refractivity contribution in [1.29, 1.82) is 0 Å². The van der Waals surface area contributed by atoms with Gasteiger partial charge in [-0.2, -0.15) is 5.10 Å². The first-order chi connectivity index (χ1) is 20.2. The minimum Gasteiger partial charge on any atom is -0.493 e. The van der Waals surface area contributed by atoms with Gasteiger partial charge >= 0.3 is 5.97 Å². The number of carbonyl (C=O) groups excluding carboxylic acids is 3. The van der Waals surface area contributed by atoms with Crippen molar-refractivity contribution in [2.45, 2.75) is 26.3 Å². The van der Waals surface area contributed by atoms with Crippen LogP contribution in [0, 0.1) is 11.7 Å². The van der Waals surface area contributed by atoms with Crippen molar-refractivity contribution in [3.63, 3.8) is 0 Å². The molecule has 0 fully saturated rings. The first kappa shape index (κ1) is 32.4. The van der Waals surface area contributed by atoms with Crippen molar-refractivity contribution in [2.24, 2.45) is 16.8 Å². The molecule has 1 aromatic heterocycles. The van der Waals surface area contributed by atoms with E-state index in [1.54, 1.807) is 24.6 Å². The molecule has 0 saturated heterocycles. The number of thiophene rings is 1. The number of methoxy groups -OCH3 is 2. The quantitative estimate of drug-likeness (QED) is 0.104. The van der Waals surface area contributed by atoms with Gasteiger partial charge in [-0.15, -0.1) is 11.3 Å². The second-order valence-corrected chi connectivity index (χ2v) is 10.3. The van der Waals surface area contributed by atoms with Gasteiger partial charge in [-0.05, 0) is 30.2 Å². The van der Waals surface area contributed by atoms with Gasteiger partial charge in [0.1, 0.15) is 25.1 Å². The number of carbonyl (C=O) groups is 3. The van der Waals surface area contributed by atoms with Crippen molar-refractivity contribution >= 4 is 44.9 Å². The molecule has 0 bridgehead atoms. The summed E-state index contributed by atoms with van der Waals surface area (Å²) in [7, 11) is 2.97. The highest BCUT2D eigenvalue weighted by molar-refractivity contribution is 7.17. The van der Waals surface area contributed by atoms with E-state index in [1.807, 2.05) is 13.8 Å². The van der Waals surface area contributed by atoms with E-state index in [2.05, 4.69) is 15.8 Å². The number of esters is 1. The molecule has 0 radical (unpaired) electrons. The zero-order chi connectivity index (χ0) is 30.6. The summed E-state index contributed by atoms with van der Waals surface area (Å²) >= 11 is 1.25. The van der Waals surface area contributed by atoms with E-state index < -0.39 is 23.8 Å². The minimum absolute atomic E-state index is 0.00502. The van der Waals surface area contributed by atoms with Crippen molar-refractivity contribution in [3.8, 4) is 11.5 Å². The fourth-order valence-corrected chi connectivity index (χ4v) is 4.70. The Labute approximate surface area is 247 Å². The van der Waals surface area contributed by atoms with Gasteiger partial charge in [0.05, 0.1) is 30.7 Å². The fraction of sp³-hybridized carbons (Fsp3) is 0.379. The molecular weight excluding hydrogens is 567 g/mol. The van der Waals surface area contributed by atoms with Gasteiger partial charge in [0.15, 0.2) is 11.5 Å². The molecule has 1 atom stereocenters. The van der Waals surface area contributed by atoms with Gasteiger partial charge < -0.3 is 30.0 Å². The maximum Gasteiger partial charge on any atom is 0.323 e. The Balaban J connectivity index is 1.56. The van der Waals surface area contributed by atoms with Gasteiger partial charge in [-0.25, -0.2) is 9.82 Å². The Hall–Kier alpha value is -4.07. The molecule has 3 rings (SSSR count). The predicted octanol–water partition coefficient (Wildman–Crippen LogP) is 3.24. The highest BCUT2D eigenvalue weighted by atomic mass is 32.1. The number of benzene rings is 2. The molecule has 2 amide bonds. The average molecular weight is 603 g/mol. The number of hydrazone groups is 1. The number of nitrogens with zero attached hydrogens (tertiary/aromatic N) is 1. The lowest BCUT2D eigenvalue weighted by atomic mass is 10.1. The van der Waals surface area contributed by atoms with Crippen molar-refractivity contribution in [1.82, 2.24) is 10.7 Å². The molecule has 0 aliphatic heterocycles. The largest absolute Gasteiger partial charge is 0.493 e. The van der Waals surface area contributed by atoms with Crippen LogP contribution in [0.25, 0.3) is 10.1 Å². The van der Waals surface area contributed by atoms with Gasteiger partial charge in [0.2, 0.25) is 0 Å². The third-order valence-corrected chi connectivity index (χ3v) is 7.14. The van der Waals surface area contributed by atoms with Crippen LogP contribution in [0.4, 0.5) is 4.39 Å². The topological polar surface area (TPSA) is 151 Å². The zero-order valence-corrected chi connectivity index (χ0v) is 24.7. The van der Waals surface area contributed by atoms with Gasteiger partial charge in [-0.3, -0.25) is 14.4 Å². The van der Waals surface area contributed by atoms with Crippen LogP contribution in [-0.4, -0.2) is 70.1 Å². The number of rotatable bonds is 15. The average Bonchev–Trinajstić information content (AvgIpc) is 3.42. The molecule has 0 unspecified atom stereocenters. The standard InChI is InChI=1S/C29H35FN4O7S/c1-17(2)26(31)29(37)41-13-12-40-23-9-8-18(14-24(23)39-4)28(36)32-15-25(35)34-33-22(10-11-38-3)20-16-42-27-19(20)6-5-7-21(27)30/h5-9,14,16-17,26H,10-13,15,31H2,1-4H3,(H,32,36)(H,34,35)/b33-22+/t26-/m0/s1. The fourth-order valence-electron chi connectivity index (χ4n) is 3.72. The third-order valence-electron chi connectivity index (χ3n) is 6.13. The van der Waals surface area contributed by atoms with Gasteiger partial charge in [-0.1, -0.05) is 26.0 Å². The van der Waals surface area contributed by atoms with Crippen molar-refractivity contribution in [2.75, 3.05) is 40.6 Å². The number of nitrogens with one attached hydrogen (secondary N) is 2. The van der Waals surface area contributed by atoms with E-state index in [4.69, 9.17) is 24.7 Å². The van der Waals surface area contributed by atoms with Crippen LogP contribution in [0.3, 0.4) is 0 Å². The lowest BCUT2D eigenvalue weighted by molar-refractivity contribution is -0.147. The number of fused-ring (bicyclic) bond motifs is 1. The Bertz CT molecular complexity index is 1430. The van der Waals surface area contributed by atoms with Crippen LogP contribution in [0.1, 0.15) is 36.2 Å². The monoisotopic (exact) mass is 602 g/mol. The van der Waals surface area contributed by atoms with E-state index in [0.717, 1.165) is 0 Å². The maximum absolute atomic E-state index is 14.2. The molecule has 13 heteroatoms. The molecule has 226 valence electrons. The van der Waals surface area contributed by atoms with E-state index >= 15 is 0 Å². The van der Waals surface area contributed by atoms with Crippen LogP contribution < -0.4 is 25.9 Å².